The average molecular weight is 281 g/mol. The van der Waals surface area contributed by atoms with E-state index in [0.717, 1.165) is 29.3 Å². The molecule has 3 nitrogen and oxygen atoms in total. The number of nitrogens with two attached hydrogens (primary N) is 1. The van der Waals surface area contributed by atoms with Gasteiger partial charge in [-0.2, -0.15) is 0 Å². The summed E-state index contributed by atoms with van der Waals surface area (Å²) in [4.78, 5) is 4.56. The zero-order chi connectivity index (χ0) is 13.1. The number of nitrogens with zero attached hydrogens (tertiary/aromatic N) is 1. The number of rotatable bonds is 4. The molecule has 1 heterocycles. The molecule has 0 saturated carbocycles. The highest BCUT2D eigenvalue weighted by molar-refractivity contribution is 5.85. The third-order valence-electron chi connectivity index (χ3n) is 3.21. The number of benzene rings is 1. The summed E-state index contributed by atoms with van der Waals surface area (Å²) in [7, 11) is 1.66. The predicted molar refractivity (Wildman–Crippen MR) is 82.3 cm³/mol. The van der Waals surface area contributed by atoms with Crippen molar-refractivity contribution >= 4 is 23.3 Å². The molecule has 0 amide bonds. The van der Waals surface area contributed by atoms with Crippen molar-refractivity contribution < 1.29 is 4.74 Å². The van der Waals surface area contributed by atoms with Crippen molar-refractivity contribution in [1.29, 1.82) is 0 Å². The minimum absolute atomic E-state index is 0. The molecule has 0 aliphatic rings. The highest BCUT2D eigenvalue weighted by atomic mass is 35.5. The van der Waals surface area contributed by atoms with Crippen molar-refractivity contribution in [3.05, 3.63) is 35.4 Å². The van der Waals surface area contributed by atoms with E-state index in [-0.39, 0.29) is 18.4 Å². The molecule has 104 valence electrons. The second-order valence-electron chi connectivity index (χ2n) is 4.73. The molecule has 19 heavy (non-hydrogen) atoms. The van der Waals surface area contributed by atoms with Gasteiger partial charge in [-0.1, -0.05) is 19.1 Å². The molecule has 0 bridgehead atoms. The lowest BCUT2D eigenvalue weighted by molar-refractivity contribution is 0.392. The van der Waals surface area contributed by atoms with Gasteiger partial charge < -0.3 is 10.5 Å². The molecular weight excluding hydrogens is 260 g/mol. The van der Waals surface area contributed by atoms with Crippen molar-refractivity contribution in [3.63, 3.8) is 0 Å². The monoisotopic (exact) mass is 280 g/mol. The maximum Gasteiger partial charge on any atom is 0.216 e. The predicted octanol–water partition coefficient (Wildman–Crippen LogP) is 3.25. The molecule has 1 unspecified atom stereocenters. The molecule has 2 rings (SSSR count). The van der Waals surface area contributed by atoms with Gasteiger partial charge in [0.05, 0.1) is 12.6 Å². The quantitative estimate of drug-likeness (QED) is 0.935. The number of methoxy groups -OCH3 is 1. The van der Waals surface area contributed by atoms with Crippen LogP contribution in [0.5, 0.6) is 5.88 Å². The number of pyridine rings is 1. The average Bonchev–Trinajstić information content (AvgIpc) is 2.38. The topological polar surface area (TPSA) is 48.1 Å². The number of hydrogen-bond donors (Lipinski definition) is 1. The van der Waals surface area contributed by atoms with E-state index in [4.69, 9.17) is 10.5 Å². The Hall–Kier alpha value is -1.32. The van der Waals surface area contributed by atoms with Crippen LogP contribution >= 0.6 is 12.4 Å². The van der Waals surface area contributed by atoms with E-state index in [0.29, 0.717) is 5.88 Å². The van der Waals surface area contributed by atoms with Gasteiger partial charge in [0.15, 0.2) is 0 Å². The standard InChI is InChI=1S/C15H20N2O.ClH/c1-4-13(16)9-12-8-11-6-5-10(2)7-14(11)17-15(12)18-3;/h5-8,13H,4,9,16H2,1-3H3;1H. The number of aryl methyl sites for hydroxylation is 1. The van der Waals surface area contributed by atoms with Crippen LogP contribution in [0.2, 0.25) is 0 Å². The molecule has 4 heteroatoms. The number of halogens is 1. The van der Waals surface area contributed by atoms with Gasteiger partial charge in [-0.15, -0.1) is 12.4 Å². The Morgan fingerprint density at radius 2 is 2.05 bits per heavy atom. The van der Waals surface area contributed by atoms with Gasteiger partial charge in [0.2, 0.25) is 5.88 Å². The van der Waals surface area contributed by atoms with Gasteiger partial charge in [-0.3, -0.25) is 0 Å². The second kappa shape index (κ2) is 6.73. The highest BCUT2D eigenvalue weighted by Gasteiger charge is 2.10. The van der Waals surface area contributed by atoms with Crippen LogP contribution < -0.4 is 10.5 Å². The van der Waals surface area contributed by atoms with Gasteiger partial charge in [-0.25, -0.2) is 4.98 Å². The third-order valence-corrected chi connectivity index (χ3v) is 3.21. The van der Waals surface area contributed by atoms with Gasteiger partial charge in [0.25, 0.3) is 0 Å². The summed E-state index contributed by atoms with van der Waals surface area (Å²) >= 11 is 0. The van der Waals surface area contributed by atoms with Crippen LogP contribution in [0.25, 0.3) is 10.9 Å². The fraction of sp³-hybridized carbons (Fsp3) is 0.400. The Balaban J connectivity index is 0.00000180. The molecule has 2 aromatic rings. The Kier molecular flexibility index (Phi) is 5.58. The molecule has 0 aliphatic carbocycles. The first kappa shape index (κ1) is 15.7. The molecule has 0 aliphatic heterocycles. The molecule has 2 N–H and O–H groups in total. The fourth-order valence-electron chi connectivity index (χ4n) is 2.05. The maximum atomic E-state index is 6.01. The number of hydrogen-bond acceptors (Lipinski definition) is 3. The van der Waals surface area contributed by atoms with E-state index in [1.807, 2.05) is 0 Å². The highest BCUT2D eigenvalue weighted by Crippen LogP contribution is 2.24. The summed E-state index contributed by atoms with van der Waals surface area (Å²) in [5.41, 5.74) is 9.28. The van der Waals surface area contributed by atoms with Crippen LogP contribution in [0, 0.1) is 6.92 Å². The van der Waals surface area contributed by atoms with Crippen LogP contribution in [0.1, 0.15) is 24.5 Å². The van der Waals surface area contributed by atoms with Gasteiger partial charge in [0, 0.05) is 17.0 Å². The fourth-order valence-corrected chi connectivity index (χ4v) is 2.05. The van der Waals surface area contributed by atoms with Crippen molar-refractivity contribution in [3.8, 4) is 5.88 Å². The number of ether oxygens (including phenoxy) is 1. The molecule has 1 aromatic carbocycles. The lowest BCUT2D eigenvalue weighted by Crippen LogP contribution is -2.21. The van der Waals surface area contributed by atoms with E-state index in [2.05, 4.69) is 43.1 Å². The van der Waals surface area contributed by atoms with Crippen LogP contribution in [-0.2, 0) is 6.42 Å². The van der Waals surface area contributed by atoms with E-state index >= 15 is 0 Å². The molecule has 1 aromatic heterocycles. The van der Waals surface area contributed by atoms with Crippen LogP contribution in [0.4, 0.5) is 0 Å². The zero-order valence-corrected chi connectivity index (χ0v) is 12.5. The smallest absolute Gasteiger partial charge is 0.216 e. The summed E-state index contributed by atoms with van der Waals surface area (Å²) in [6.45, 7) is 4.16. The SMILES string of the molecule is CCC(N)Cc1cc2ccc(C)cc2nc1OC.Cl. The minimum Gasteiger partial charge on any atom is -0.481 e. The van der Waals surface area contributed by atoms with E-state index in [1.54, 1.807) is 7.11 Å². The number of fused-ring (bicyclic) bond motifs is 1. The van der Waals surface area contributed by atoms with Crippen LogP contribution in [0.15, 0.2) is 24.3 Å². The van der Waals surface area contributed by atoms with Crippen molar-refractivity contribution in [2.24, 2.45) is 5.73 Å². The summed E-state index contributed by atoms with van der Waals surface area (Å²) < 4.78 is 5.37. The van der Waals surface area contributed by atoms with E-state index in [9.17, 15) is 0 Å². The maximum absolute atomic E-state index is 6.01. The summed E-state index contributed by atoms with van der Waals surface area (Å²) in [5, 5.41) is 1.14. The van der Waals surface area contributed by atoms with Crippen molar-refractivity contribution in [2.45, 2.75) is 32.7 Å². The first-order valence-electron chi connectivity index (χ1n) is 6.34. The zero-order valence-electron chi connectivity index (χ0n) is 11.6. The first-order chi connectivity index (χ1) is 8.63. The largest absolute Gasteiger partial charge is 0.481 e. The van der Waals surface area contributed by atoms with Gasteiger partial charge >= 0.3 is 0 Å². The van der Waals surface area contributed by atoms with Gasteiger partial charge in [0.1, 0.15) is 0 Å². The first-order valence-corrected chi connectivity index (χ1v) is 6.34. The minimum atomic E-state index is 0. The molecule has 0 radical (unpaired) electrons. The van der Waals surface area contributed by atoms with Gasteiger partial charge in [-0.05, 0) is 37.5 Å². The molecular formula is C15H21ClN2O. The molecule has 0 fully saturated rings. The Bertz CT molecular complexity index is 557. The normalized spacial score (nSPS) is 12.0. The summed E-state index contributed by atoms with van der Waals surface area (Å²) in [5.74, 6) is 0.692. The number of aromatic nitrogens is 1. The molecule has 0 saturated heterocycles. The van der Waals surface area contributed by atoms with E-state index in [1.165, 1.54) is 5.56 Å². The summed E-state index contributed by atoms with van der Waals surface area (Å²) in [6, 6.07) is 8.55. The third kappa shape index (κ3) is 3.58. The Labute approximate surface area is 120 Å². The van der Waals surface area contributed by atoms with E-state index < -0.39 is 0 Å². The lowest BCUT2D eigenvalue weighted by atomic mass is 10.0. The van der Waals surface area contributed by atoms with Crippen molar-refractivity contribution in [1.82, 2.24) is 4.98 Å². The Morgan fingerprint density at radius 1 is 1.32 bits per heavy atom. The molecule has 0 spiro atoms. The molecule has 1 atom stereocenters. The lowest BCUT2D eigenvalue weighted by Gasteiger charge is -2.13. The summed E-state index contributed by atoms with van der Waals surface area (Å²) in [6.07, 6.45) is 1.76. The Morgan fingerprint density at radius 3 is 2.68 bits per heavy atom. The van der Waals surface area contributed by atoms with Crippen LogP contribution in [0.3, 0.4) is 0 Å². The van der Waals surface area contributed by atoms with Crippen molar-refractivity contribution in [2.75, 3.05) is 7.11 Å². The second-order valence-corrected chi connectivity index (χ2v) is 4.73. The van der Waals surface area contributed by atoms with Crippen LogP contribution in [-0.4, -0.2) is 18.1 Å².